The SMILES string of the molecule is CS(=O)(=O)c1cccc(C(=O)NC(CCC(=O)O)CC2CCCCC2)c1. The van der Waals surface area contributed by atoms with E-state index in [1.54, 1.807) is 12.1 Å². The number of aliphatic carboxylic acids is 1. The Balaban J connectivity index is 2.07. The van der Waals surface area contributed by atoms with E-state index in [9.17, 15) is 18.0 Å². The number of rotatable bonds is 8. The average molecular weight is 381 g/mol. The molecular formula is C19H27NO5S. The highest BCUT2D eigenvalue weighted by Gasteiger charge is 2.22. The molecule has 1 saturated carbocycles. The number of sulfone groups is 1. The Kier molecular flexibility index (Phi) is 7.20. The van der Waals surface area contributed by atoms with Crippen LogP contribution in [-0.4, -0.2) is 37.7 Å². The Labute approximate surface area is 154 Å². The molecule has 1 atom stereocenters. The first kappa shape index (κ1) is 20.4. The van der Waals surface area contributed by atoms with E-state index in [1.807, 2.05) is 0 Å². The molecule has 1 aliphatic rings. The van der Waals surface area contributed by atoms with Crippen LogP contribution in [0.4, 0.5) is 0 Å². The zero-order valence-electron chi connectivity index (χ0n) is 15.1. The van der Waals surface area contributed by atoms with Gasteiger partial charge >= 0.3 is 5.97 Å². The lowest BCUT2D eigenvalue weighted by atomic mass is 9.84. The van der Waals surface area contributed by atoms with Gasteiger partial charge in [-0.2, -0.15) is 0 Å². The van der Waals surface area contributed by atoms with Gasteiger partial charge in [0.25, 0.3) is 5.91 Å². The van der Waals surface area contributed by atoms with Crippen LogP contribution < -0.4 is 5.32 Å². The number of amides is 1. The van der Waals surface area contributed by atoms with Crippen LogP contribution in [0, 0.1) is 5.92 Å². The van der Waals surface area contributed by atoms with Crippen LogP contribution in [0.25, 0.3) is 0 Å². The third-order valence-electron chi connectivity index (χ3n) is 4.91. The second-order valence-corrected chi connectivity index (χ2v) is 9.16. The second kappa shape index (κ2) is 9.16. The van der Waals surface area contributed by atoms with E-state index in [2.05, 4.69) is 5.32 Å². The lowest BCUT2D eigenvalue weighted by Crippen LogP contribution is -2.37. The highest BCUT2D eigenvalue weighted by atomic mass is 32.2. The predicted molar refractivity (Wildman–Crippen MR) is 98.9 cm³/mol. The van der Waals surface area contributed by atoms with Crippen molar-refractivity contribution < 1.29 is 23.1 Å². The molecule has 1 amide bonds. The van der Waals surface area contributed by atoms with E-state index in [0.29, 0.717) is 12.3 Å². The third kappa shape index (κ3) is 6.44. The average Bonchev–Trinajstić information content (AvgIpc) is 2.60. The molecule has 1 aromatic rings. The molecule has 2 rings (SSSR count). The smallest absolute Gasteiger partial charge is 0.303 e. The van der Waals surface area contributed by atoms with Crippen LogP contribution >= 0.6 is 0 Å². The highest BCUT2D eigenvalue weighted by Crippen LogP contribution is 2.28. The molecule has 1 fully saturated rings. The fraction of sp³-hybridized carbons (Fsp3) is 0.579. The van der Waals surface area contributed by atoms with Crippen LogP contribution in [0.5, 0.6) is 0 Å². The summed E-state index contributed by atoms with van der Waals surface area (Å²) in [5, 5.41) is 11.9. The lowest BCUT2D eigenvalue weighted by molar-refractivity contribution is -0.137. The van der Waals surface area contributed by atoms with Crippen molar-refractivity contribution in [3.05, 3.63) is 29.8 Å². The van der Waals surface area contributed by atoms with Gasteiger partial charge in [0.15, 0.2) is 9.84 Å². The fourth-order valence-corrected chi connectivity index (χ4v) is 4.18. The largest absolute Gasteiger partial charge is 0.481 e. The van der Waals surface area contributed by atoms with Gasteiger partial charge in [-0.25, -0.2) is 8.42 Å². The van der Waals surface area contributed by atoms with E-state index in [-0.39, 0.29) is 28.8 Å². The topological polar surface area (TPSA) is 101 Å². The standard InChI is InChI=1S/C19H27NO5S/c1-26(24,25)17-9-5-8-15(13-17)19(23)20-16(10-11-18(21)22)12-14-6-3-2-4-7-14/h5,8-9,13-14,16H,2-4,6-7,10-12H2,1H3,(H,20,23)(H,21,22). The number of carbonyl (C=O) groups excluding carboxylic acids is 1. The van der Waals surface area contributed by atoms with Crippen molar-refractivity contribution in [2.24, 2.45) is 5.92 Å². The van der Waals surface area contributed by atoms with Gasteiger partial charge in [0.05, 0.1) is 4.90 Å². The van der Waals surface area contributed by atoms with Crippen LogP contribution in [0.3, 0.4) is 0 Å². The maximum Gasteiger partial charge on any atom is 0.303 e. The second-order valence-electron chi connectivity index (χ2n) is 7.14. The van der Waals surface area contributed by atoms with Crippen LogP contribution in [-0.2, 0) is 14.6 Å². The van der Waals surface area contributed by atoms with E-state index in [1.165, 1.54) is 31.4 Å². The molecular weight excluding hydrogens is 354 g/mol. The summed E-state index contributed by atoms with van der Waals surface area (Å²) in [5.74, 6) is -0.737. The quantitative estimate of drug-likeness (QED) is 0.721. The third-order valence-corrected chi connectivity index (χ3v) is 6.02. The highest BCUT2D eigenvalue weighted by molar-refractivity contribution is 7.90. The van der Waals surface area contributed by atoms with Crippen molar-refractivity contribution >= 4 is 21.7 Å². The molecule has 0 bridgehead atoms. The number of hydrogen-bond donors (Lipinski definition) is 2. The van der Waals surface area contributed by atoms with Gasteiger partial charge in [-0.05, 0) is 37.0 Å². The van der Waals surface area contributed by atoms with E-state index < -0.39 is 15.8 Å². The Hall–Kier alpha value is -1.89. The summed E-state index contributed by atoms with van der Waals surface area (Å²) in [7, 11) is -3.39. The maximum absolute atomic E-state index is 12.6. The zero-order chi connectivity index (χ0) is 19.2. The Morgan fingerprint density at radius 1 is 1.23 bits per heavy atom. The molecule has 1 unspecified atom stereocenters. The van der Waals surface area contributed by atoms with Crippen LogP contribution in [0.2, 0.25) is 0 Å². The number of carbonyl (C=O) groups is 2. The minimum Gasteiger partial charge on any atom is -0.481 e. The molecule has 2 N–H and O–H groups in total. The monoisotopic (exact) mass is 381 g/mol. The van der Waals surface area contributed by atoms with Crippen molar-refractivity contribution in [1.82, 2.24) is 5.32 Å². The Morgan fingerprint density at radius 3 is 2.54 bits per heavy atom. The van der Waals surface area contributed by atoms with Crippen molar-refractivity contribution in [3.8, 4) is 0 Å². The van der Waals surface area contributed by atoms with Gasteiger partial charge in [-0.1, -0.05) is 38.2 Å². The Morgan fingerprint density at radius 2 is 1.92 bits per heavy atom. The molecule has 0 saturated heterocycles. The minimum atomic E-state index is -3.39. The molecule has 0 aliphatic heterocycles. The maximum atomic E-state index is 12.6. The van der Waals surface area contributed by atoms with Crippen molar-refractivity contribution in [2.75, 3.05) is 6.26 Å². The van der Waals surface area contributed by atoms with Gasteiger partial charge in [-0.3, -0.25) is 9.59 Å². The molecule has 7 heteroatoms. The number of nitrogens with one attached hydrogen (secondary N) is 1. The van der Waals surface area contributed by atoms with Crippen molar-refractivity contribution in [1.29, 1.82) is 0 Å². The molecule has 0 radical (unpaired) electrons. The summed E-state index contributed by atoms with van der Waals surface area (Å²) in [4.78, 5) is 23.6. The van der Waals surface area contributed by atoms with Gasteiger partial charge in [0.2, 0.25) is 0 Å². The van der Waals surface area contributed by atoms with E-state index in [0.717, 1.165) is 25.5 Å². The zero-order valence-corrected chi connectivity index (χ0v) is 15.9. The lowest BCUT2D eigenvalue weighted by Gasteiger charge is -2.27. The number of carboxylic acids is 1. The van der Waals surface area contributed by atoms with E-state index in [4.69, 9.17) is 5.11 Å². The Bertz CT molecular complexity index is 738. The number of benzene rings is 1. The molecule has 26 heavy (non-hydrogen) atoms. The van der Waals surface area contributed by atoms with E-state index >= 15 is 0 Å². The molecule has 6 nitrogen and oxygen atoms in total. The molecule has 144 valence electrons. The predicted octanol–water partition coefficient (Wildman–Crippen LogP) is 3.02. The fourth-order valence-electron chi connectivity index (χ4n) is 3.51. The molecule has 0 heterocycles. The number of carboxylic acid groups (broad SMARTS) is 1. The van der Waals surface area contributed by atoms with Gasteiger partial charge in [-0.15, -0.1) is 0 Å². The summed E-state index contributed by atoms with van der Waals surface area (Å²) in [6.07, 6.45) is 8.08. The molecule has 1 aliphatic carbocycles. The van der Waals surface area contributed by atoms with Crippen molar-refractivity contribution in [3.63, 3.8) is 0 Å². The van der Waals surface area contributed by atoms with Crippen LogP contribution in [0.1, 0.15) is 61.7 Å². The summed E-state index contributed by atoms with van der Waals surface area (Å²) in [6, 6.07) is 5.70. The summed E-state index contributed by atoms with van der Waals surface area (Å²) >= 11 is 0. The molecule has 0 spiro atoms. The first-order valence-corrected chi connectivity index (χ1v) is 11.0. The van der Waals surface area contributed by atoms with Gasteiger partial charge in [0, 0.05) is 24.3 Å². The van der Waals surface area contributed by atoms with Gasteiger partial charge in [0.1, 0.15) is 0 Å². The minimum absolute atomic E-state index is 0.00104. The molecule has 0 aromatic heterocycles. The van der Waals surface area contributed by atoms with Crippen molar-refractivity contribution in [2.45, 2.75) is 62.3 Å². The van der Waals surface area contributed by atoms with Gasteiger partial charge < -0.3 is 10.4 Å². The summed E-state index contributed by atoms with van der Waals surface area (Å²) in [5.41, 5.74) is 0.275. The number of hydrogen-bond acceptors (Lipinski definition) is 4. The first-order valence-electron chi connectivity index (χ1n) is 9.08. The first-order chi connectivity index (χ1) is 12.3. The normalized spacial score (nSPS) is 16.8. The molecule has 1 aromatic carbocycles. The summed E-state index contributed by atoms with van der Waals surface area (Å²) < 4.78 is 23.3. The summed E-state index contributed by atoms with van der Waals surface area (Å²) in [6.45, 7) is 0. The van der Waals surface area contributed by atoms with Crippen LogP contribution in [0.15, 0.2) is 29.2 Å².